The van der Waals surface area contributed by atoms with Gasteiger partial charge >= 0.3 is 0 Å². The van der Waals surface area contributed by atoms with Gasteiger partial charge in [0.15, 0.2) is 0 Å². The highest BCUT2D eigenvalue weighted by molar-refractivity contribution is 7.89. The minimum atomic E-state index is -3.80. The molecule has 2 saturated heterocycles. The maximum Gasteiger partial charge on any atom is 0.299 e. The molecule has 0 spiro atoms. The van der Waals surface area contributed by atoms with Crippen molar-refractivity contribution in [1.82, 2.24) is 4.31 Å². The number of benzene rings is 2. The van der Waals surface area contributed by atoms with Gasteiger partial charge in [-0.3, -0.25) is 9.59 Å². The Morgan fingerprint density at radius 2 is 1.88 bits per heavy atom. The number of epoxide rings is 1. The number of rotatable bonds is 7. The van der Waals surface area contributed by atoms with Crippen LogP contribution in [0.3, 0.4) is 0 Å². The highest BCUT2D eigenvalue weighted by Crippen LogP contribution is 2.35. The van der Waals surface area contributed by atoms with E-state index in [2.05, 4.69) is 0 Å². The van der Waals surface area contributed by atoms with Crippen molar-refractivity contribution in [2.75, 3.05) is 31.8 Å². The van der Waals surface area contributed by atoms with E-state index in [0.29, 0.717) is 18.8 Å². The molecule has 0 aliphatic carbocycles. The van der Waals surface area contributed by atoms with Crippen molar-refractivity contribution in [2.24, 2.45) is 0 Å². The van der Waals surface area contributed by atoms with Gasteiger partial charge < -0.3 is 14.4 Å². The van der Waals surface area contributed by atoms with Gasteiger partial charge in [-0.15, -0.1) is 0 Å². The zero-order valence-electron chi connectivity index (χ0n) is 17.7. The van der Waals surface area contributed by atoms with Crippen LogP contribution in [0.2, 0.25) is 0 Å². The largest absolute Gasteiger partial charge is 0.383 e. The van der Waals surface area contributed by atoms with Crippen LogP contribution >= 0.6 is 0 Å². The maximum absolute atomic E-state index is 13.2. The average Bonchev–Trinajstić information content (AvgIpc) is 3.49. The lowest BCUT2D eigenvalue weighted by atomic mass is 10.1. The molecule has 5 rings (SSSR count). The van der Waals surface area contributed by atoms with Crippen LogP contribution in [0.15, 0.2) is 47.4 Å². The molecule has 1 unspecified atom stereocenters. The topological polar surface area (TPSA) is 96.5 Å². The van der Waals surface area contributed by atoms with E-state index in [1.54, 1.807) is 13.2 Å². The van der Waals surface area contributed by atoms with E-state index in [1.807, 2.05) is 24.3 Å². The van der Waals surface area contributed by atoms with Gasteiger partial charge in [0.25, 0.3) is 11.7 Å². The molecular formula is C23H24N2O6S. The third-order valence-electron chi connectivity index (χ3n) is 6.26. The van der Waals surface area contributed by atoms with Crippen LogP contribution in [0.25, 0.3) is 0 Å². The summed E-state index contributed by atoms with van der Waals surface area (Å²) in [7, 11) is -2.25. The number of fused-ring (bicyclic) bond motifs is 1. The summed E-state index contributed by atoms with van der Waals surface area (Å²) in [5, 5.41) is 0. The number of ether oxygens (including phenoxy) is 2. The Morgan fingerprint density at radius 3 is 2.56 bits per heavy atom. The fourth-order valence-electron chi connectivity index (χ4n) is 4.48. The van der Waals surface area contributed by atoms with E-state index in [4.69, 9.17) is 9.47 Å². The third-order valence-corrected chi connectivity index (χ3v) is 8.20. The third kappa shape index (κ3) is 3.65. The molecule has 0 radical (unpaired) electrons. The summed E-state index contributed by atoms with van der Waals surface area (Å²) in [6.45, 7) is 1.69. The second-order valence-electron chi connectivity index (χ2n) is 8.33. The van der Waals surface area contributed by atoms with Gasteiger partial charge in [-0.05, 0) is 42.2 Å². The molecule has 9 heteroatoms. The Kier molecular flexibility index (Phi) is 5.37. The summed E-state index contributed by atoms with van der Waals surface area (Å²) < 4.78 is 38.3. The van der Waals surface area contributed by atoms with E-state index in [0.717, 1.165) is 30.6 Å². The number of anilines is 1. The quantitative estimate of drug-likeness (QED) is 0.469. The zero-order valence-corrected chi connectivity index (χ0v) is 18.5. The molecule has 2 aromatic rings. The van der Waals surface area contributed by atoms with E-state index in [-0.39, 0.29) is 29.1 Å². The van der Waals surface area contributed by atoms with Gasteiger partial charge in [0.05, 0.1) is 35.9 Å². The lowest BCUT2D eigenvalue weighted by Gasteiger charge is -2.24. The number of carbonyl (C=O) groups excluding carboxylic acids is 2. The number of sulfonamides is 1. The molecule has 32 heavy (non-hydrogen) atoms. The monoisotopic (exact) mass is 456 g/mol. The predicted molar refractivity (Wildman–Crippen MR) is 116 cm³/mol. The molecule has 0 saturated carbocycles. The molecule has 2 aromatic carbocycles. The van der Waals surface area contributed by atoms with Crippen molar-refractivity contribution in [2.45, 2.75) is 36.4 Å². The fourth-order valence-corrected chi connectivity index (χ4v) is 6.18. The Balaban J connectivity index is 1.41. The van der Waals surface area contributed by atoms with Gasteiger partial charge in [-0.2, -0.15) is 4.31 Å². The number of Topliss-reactive ketones (excluding diaryl/α,β-unsaturated/α-hetero) is 1. The molecule has 3 heterocycles. The summed E-state index contributed by atoms with van der Waals surface area (Å²) in [6.07, 6.45) is 1.64. The first-order valence-corrected chi connectivity index (χ1v) is 12.1. The lowest BCUT2D eigenvalue weighted by Crippen LogP contribution is -2.38. The van der Waals surface area contributed by atoms with Crippen molar-refractivity contribution in [3.63, 3.8) is 0 Å². The van der Waals surface area contributed by atoms with Gasteiger partial charge in [0.1, 0.15) is 6.10 Å². The van der Waals surface area contributed by atoms with Gasteiger partial charge in [-0.1, -0.05) is 24.3 Å². The molecule has 2 fully saturated rings. The smallest absolute Gasteiger partial charge is 0.299 e. The summed E-state index contributed by atoms with van der Waals surface area (Å²) in [6, 6.07) is 11.9. The van der Waals surface area contributed by atoms with E-state index in [1.165, 1.54) is 21.3 Å². The van der Waals surface area contributed by atoms with Crippen LogP contribution in [-0.2, 0) is 30.8 Å². The van der Waals surface area contributed by atoms with Crippen LogP contribution in [-0.4, -0.2) is 57.3 Å². The number of carbonyl (C=O) groups is 2. The van der Waals surface area contributed by atoms with Crippen molar-refractivity contribution >= 4 is 27.4 Å². The number of amides is 1. The summed E-state index contributed by atoms with van der Waals surface area (Å²) in [5.41, 5.74) is 2.52. The normalized spacial score (nSPS) is 23.1. The molecule has 8 nitrogen and oxygen atoms in total. The standard InChI is InChI=1S/C23H24N2O6S/c1-30-13-17-3-2-10-25(17)32(28,29)18-8-9-20-19(11-18)22(26)23(27)24(20)12-15-4-6-16(7-5-15)21-14-31-21/h4-9,11,17,21H,2-3,10,12-14H2,1H3/t17-,21?/m0/s1. The molecule has 3 aliphatic rings. The van der Waals surface area contributed by atoms with Crippen LogP contribution in [0.4, 0.5) is 5.69 Å². The first-order chi connectivity index (χ1) is 15.4. The van der Waals surface area contributed by atoms with Crippen LogP contribution in [0.1, 0.15) is 40.4 Å². The number of ketones is 1. The molecule has 0 N–H and O–H groups in total. The van der Waals surface area contributed by atoms with Crippen LogP contribution in [0.5, 0.6) is 0 Å². The van der Waals surface area contributed by atoms with Crippen molar-refractivity contribution < 1.29 is 27.5 Å². The van der Waals surface area contributed by atoms with Crippen LogP contribution < -0.4 is 4.90 Å². The van der Waals surface area contributed by atoms with Crippen molar-refractivity contribution in [3.8, 4) is 0 Å². The number of hydrogen-bond donors (Lipinski definition) is 0. The first kappa shape index (κ1) is 21.3. The first-order valence-electron chi connectivity index (χ1n) is 10.6. The van der Waals surface area contributed by atoms with E-state index < -0.39 is 21.7 Å². The highest BCUT2D eigenvalue weighted by atomic mass is 32.2. The van der Waals surface area contributed by atoms with Crippen LogP contribution in [0, 0.1) is 0 Å². The minimum Gasteiger partial charge on any atom is -0.383 e. The molecule has 0 bridgehead atoms. The Labute approximate surface area is 186 Å². The van der Waals surface area contributed by atoms with Gasteiger partial charge in [-0.25, -0.2) is 8.42 Å². The highest BCUT2D eigenvalue weighted by Gasteiger charge is 2.39. The molecule has 0 aromatic heterocycles. The maximum atomic E-state index is 13.2. The molecule has 168 valence electrons. The summed E-state index contributed by atoms with van der Waals surface area (Å²) in [4.78, 5) is 26.8. The SMILES string of the molecule is COC[C@@H]1CCCN1S(=O)(=O)c1ccc2c(c1)C(=O)C(=O)N2Cc1ccc(C2CO2)cc1. The molecule has 1 amide bonds. The second-order valence-corrected chi connectivity index (χ2v) is 10.2. The zero-order chi connectivity index (χ0) is 22.5. The average molecular weight is 457 g/mol. The van der Waals surface area contributed by atoms with E-state index in [9.17, 15) is 18.0 Å². The molecule has 2 atom stereocenters. The van der Waals surface area contributed by atoms with Crippen molar-refractivity contribution in [1.29, 1.82) is 0 Å². The second kappa shape index (κ2) is 8.08. The van der Waals surface area contributed by atoms with Crippen molar-refractivity contribution in [3.05, 3.63) is 59.2 Å². The number of nitrogens with zero attached hydrogens (tertiary/aromatic N) is 2. The Hall–Kier alpha value is -2.59. The summed E-state index contributed by atoms with van der Waals surface area (Å²) in [5.74, 6) is -1.34. The van der Waals surface area contributed by atoms with Gasteiger partial charge in [0, 0.05) is 19.7 Å². The minimum absolute atomic E-state index is 0.0241. The number of methoxy groups -OCH3 is 1. The summed E-state index contributed by atoms with van der Waals surface area (Å²) >= 11 is 0. The number of hydrogen-bond acceptors (Lipinski definition) is 6. The fraction of sp³-hybridized carbons (Fsp3) is 0.391. The van der Waals surface area contributed by atoms with Gasteiger partial charge in [0.2, 0.25) is 10.0 Å². The lowest BCUT2D eigenvalue weighted by molar-refractivity contribution is -0.114. The molecule has 3 aliphatic heterocycles. The molecular weight excluding hydrogens is 432 g/mol. The van der Waals surface area contributed by atoms with E-state index >= 15 is 0 Å². The predicted octanol–water partition coefficient (Wildman–Crippen LogP) is 2.29. The Morgan fingerprint density at radius 1 is 1.12 bits per heavy atom. The Bertz CT molecular complexity index is 1170.